The van der Waals surface area contributed by atoms with Gasteiger partial charge < -0.3 is 5.32 Å². The van der Waals surface area contributed by atoms with Gasteiger partial charge in [0.05, 0.1) is 4.90 Å². The van der Waals surface area contributed by atoms with Crippen molar-refractivity contribution in [3.8, 4) is 0 Å². The molecule has 19 heavy (non-hydrogen) atoms. The van der Waals surface area contributed by atoms with Crippen LogP contribution < -0.4 is 10.5 Å². The lowest BCUT2D eigenvalue weighted by Gasteiger charge is -2.04. The van der Waals surface area contributed by atoms with Crippen molar-refractivity contribution >= 4 is 21.4 Å². The van der Waals surface area contributed by atoms with Gasteiger partial charge >= 0.3 is 0 Å². The van der Waals surface area contributed by atoms with Gasteiger partial charge in [-0.3, -0.25) is 0 Å². The highest BCUT2D eigenvalue weighted by molar-refractivity contribution is 7.89. The minimum absolute atomic E-state index is 0.145. The highest BCUT2D eigenvalue weighted by atomic mass is 32.2. The molecule has 0 radical (unpaired) electrons. The van der Waals surface area contributed by atoms with Crippen LogP contribution in [0.3, 0.4) is 0 Å². The lowest BCUT2D eigenvalue weighted by Crippen LogP contribution is -2.16. The molecule has 7 heteroatoms. The van der Waals surface area contributed by atoms with Crippen molar-refractivity contribution in [1.82, 2.24) is 10.3 Å². The molecule has 102 valence electrons. The van der Waals surface area contributed by atoms with Crippen LogP contribution in [0.2, 0.25) is 0 Å². The first-order chi connectivity index (χ1) is 9.05. The standard InChI is InChI=1S/C12H15N3O2S2/c13-19(16,17)11-3-1-10(2-4-11)5-6-14-9-12-15-7-8-18-12/h1-4,7-8,14H,5-6,9H2,(H2,13,16,17). The predicted octanol–water partition coefficient (Wildman–Crippen LogP) is 1.12. The molecule has 0 saturated carbocycles. The van der Waals surface area contributed by atoms with E-state index >= 15 is 0 Å². The largest absolute Gasteiger partial charge is 0.310 e. The third kappa shape index (κ3) is 4.39. The predicted molar refractivity (Wildman–Crippen MR) is 75.3 cm³/mol. The summed E-state index contributed by atoms with van der Waals surface area (Å²) < 4.78 is 22.2. The zero-order chi connectivity index (χ0) is 13.7. The molecular formula is C12H15N3O2S2. The maximum Gasteiger partial charge on any atom is 0.238 e. The van der Waals surface area contributed by atoms with E-state index in [-0.39, 0.29) is 4.90 Å². The van der Waals surface area contributed by atoms with E-state index < -0.39 is 10.0 Å². The number of thiazole rings is 1. The Bertz CT molecular complexity index is 607. The summed E-state index contributed by atoms with van der Waals surface area (Å²) >= 11 is 1.62. The quantitative estimate of drug-likeness (QED) is 0.783. The van der Waals surface area contributed by atoms with E-state index in [2.05, 4.69) is 10.3 Å². The van der Waals surface area contributed by atoms with Crippen LogP contribution in [0, 0.1) is 0 Å². The summed E-state index contributed by atoms with van der Waals surface area (Å²) in [5.74, 6) is 0. The van der Waals surface area contributed by atoms with Crippen molar-refractivity contribution in [2.45, 2.75) is 17.9 Å². The van der Waals surface area contributed by atoms with Crippen molar-refractivity contribution in [2.75, 3.05) is 6.54 Å². The number of nitrogens with two attached hydrogens (primary N) is 1. The Balaban J connectivity index is 1.80. The minimum Gasteiger partial charge on any atom is -0.310 e. The zero-order valence-electron chi connectivity index (χ0n) is 10.2. The normalized spacial score (nSPS) is 11.6. The molecule has 3 N–H and O–H groups in total. The first-order valence-corrected chi connectivity index (χ1v) is 8.19. The fourth-order valence-corrected chi connectivity index (χ4v) is 2.72. The van der Waals surface area contributed by atoms with Gasteiger partial charge in [-0.15, -0.1) is 11.3 Å². The highest BCUT2D eigenvalue weighted by Crippen LogP contribution is 2.09. The van der Waals surface area contributed by atoms with Crippen molar-refractivity contribution in [3.63, 3.8) is 0 Å². The summed E-state index contributed by atoms with van der Waals surface area (Å²) in [6.45, 7) is 1.57. The molecule has 2 aromatic rings. The monoisotopic (exact) mass is 297 g/mol. The van der Waals surface area contributed by atoms with Gasteiger partial charge in [-0.05, 0) is 30.7 Å². The Labute approximate surface area is 116 Å². The molecule has 0 saturated heterocycles. The molecule has 0 fully saturated rings. The Hall–Kier alpha value is -1.28. The number of primary sulfonamides is 1. The van der Waals surface area contributed by atoms with E-state index in [9.17, 15) is 8.42 Å². The summed E-state index contributed by atoms with van der Waals surface area (Å²) in [7, 11) is -3.60. The maximum absolute atomic E-state index is 11.1. The number of benzene rings is 1. The molecule has 5 nitrogen and oxygen atoms in total. The average Bonchev–Trinajstić information content (AvgIpc) is 2.87. The van der Waals surface area contributed by atoms with E-state index in [1.807, 2.05) is 5.38 Å². The van der Waals surface area contributed by atoms with Gasteiger partial charge in [0, 0.05) is 18.1 Å². The maximum atomic E-state index is 11.1. The van der Waals surface area contributed by atoms with Gasteiger partial charge in [0.15, 0.2) is 0 Å². The molecule has 2 rings (SSSR count). The SMILES string of the molecule is NS(=O)(=O)c1ccc(CCNCc2nccs2)cc1. The highest BCUT2D eigenvalue weighted by Gasteiger charge is 2.06. The summed E-state index contributed by atoms with van der Waals surface area (Å²) in [6.07, 6.45) is 2.62. The van der Waals surface area contributed by atoms with Gasteiger partial charge in [0.1, 0.15) is 5.01 Å². The molecule has 0 aliphatic heterocycles. The molecule has 0 unspecified atom stereocenters. The summed E-state index contributed by atoms with van der Waals surface area (Å²) in [4.78, 5) is 4.32. The summed E-state index contributed by atoms with van der Waals surface area (Å²) in [5.41, 5.74) is 1.07. The number of hydrogen-bond donors (Lipinski definition) is 2. The number of hydrogen-bond acceptors (Lipinski definition) is 5. The molecule has 1 aromatic carbocycles. The number of nitrogens with zero attached hydrogens (tertiary/aromatic N) is 1. The fourth-order valence-electron chi connectivity index (χ4n) is 1.61. The van der Waals surface area contributed by atoms with Gasteiger partial charge in [-0.2, -0.15) is 0 Å². The Morgan fingerprint density at radius 3 is 2.58 bits per heavy atom. The van der Waals surface area contributed by atoms with E-state index in [0.29, 0.717) is 0 Å². The third-order valence-electron chi connectivity index (χ3n) is 2.60. The number of nitrogens with one attached hydrogen (secondary N) is 1. The summed E-state index contributed by atoms with van der Waals surface area (Å²) in [6, 6.07) is 6.63. The van der Waals surface area contributed by atoms with Crippen LogP contribution >= 0.6 is 11.3 Å². The van der Waals surface area contributed by atoms with Crippen LogP contribution in [0.25, 0.3) is 0 Å². The van der Waals surface area contributed by atoms with Gasteiger partial charge in [-0.1, -0.05) is 12.1 Å². The average molecular weight is 297 g/mol. The molecule has 0 amide bonds. The lowest BCUT2D eigenvalue weighted by molar-refractivity contribution is 0.597. The molecule has 0 atom stereocenters. The van der Waals surface area contributed by atoms with Gasteiger partial charge in [0.25, 0.3) is 0 Å². The van der Waals surface area contributed by atoms with E-state index in [1.165, 1.54) is 12.1 Å². The second-order valence-corrected chi connectivity index (χ2v) is 6.58. The van der Waals surface area contributed by atoms with Crippen molar-refractivity contribution in [2.24, 2.45) is 5.14 Å². The number of aromatic nitrogens is 1. The third-order valence-corrected chi connectivity index (χ3v) is 4.31. The van der Waals surface area contributed by atoms with Crippen LogP contribution in [0.4, 0.5) is 0 Å². The molecule has 1 heterocycles. The molecule has 0 bridgehead atoms. The topological polar surface area (TPSA) is 85.1 Å². The Morgan fingerprint density at radius 2 is 2.00 bits per heavy atom. The number of sulfonamides is 1. The van der Waals surface area contributed by atoms with Crippen LogP contribution in [0.1, 0.15) is 10.6 Å². The van der Waals surface area contributed by atoms with Crippen molar-refractivity contribution < 1.29 is 8.42 Å². The van der Waals surface area contributed by atoms with Crippen LogP contribution in [0.15, 0.2) is 40.7 Å². The van der Waals surface area contributed by atoms with Crippen molar-refractivity contribution in [1.29, 1.82) is 0 Å². The first kappa shape index (κ1) is 14.1. The van der Waals surface area contributed by atoms with Crippen LogP contribution in [0.5, 0.6) is 0 Å². The minimum atomic E-state index is -3.60. The molecule has 1 aromatic heterocycles. The van der Waals surface area contributed by atoms with E-state index in [0.717, 1.165) is 30.1 Å². The number of rotatable bonds is 6. The smallest absolute Gasteiger partial charge is 0.238 e. The van der Waals surface area contributed by atoms with Crippen molar-refractivity contribution in [3.05, 3.63) is 46.4 Å². The molecular weight excluding hydrogens is 282 g/mol. The van der Waals surface area contributed by atoms with Gasteiger partial charge in [-0.25, -0.2) is 18.5 Å². The van der Waals surface area contributed by atoms with E-state index in [1.54, 1.807) is 29.7 Å². The molecule has 0 aliphatic carbocycles. The first-order valence-electron chi connectivity index (χ1n) is 5.76. The molecule has 0 aliphatic rings. The Kier molecular flexibility index (Phi) is 4.65. The second kappa shape index (κ2) is 6.25. The van der Waals surface area contributed by atoms with Crippen LogP contribution in [-0.2, 0) is 23.0 Å². The Morgan fingerprint density at radius 1 is 1.26 bits per heavy atom. The zero-order valence-corrected chi connectivity index (χ0v) is 11.9. The fraction of sp³-hybridized carbons (Fsp3) is 0.250. The summed E-state index contributed by atoms with van der Waals surface area (Å²) in [5, 5.41) is 11.3. The van der Waals surface area contributed by atoms with Gasteiger partial charge in [0.2, 0.25) is 10.0 Å². The molecule has 0 spiro atoms. The lowest BCUT2D eigenvalue weighted by atomic mass is 10.1. The van der Waals surface area contributed by atoms with Crippen LogP contribution in [-0.4, -0.2) is 19.9 Å². The van der Waals surface area contributed by atoms with E-state index in [4.69, 9.17) is 5.14 Å². The second-order valence-electron chi connectivity index (χ2n) is 4.04.